The highest BCUT2D eigenvalue weighted by molar-refractivity contribution is 7.21. The summed E-state index contributed by atoms with van der Waals surface area (Å²) in [6.07, 6.45) is 4.13. The Morgan fingerprint density at radius 2 is 1.78 bits per heavy atom. The van der Waals surface area contributed by atoms with Crippen LogP contribution in [-0.2, 0) is 9.59 Å². The van der Waals surface area contributed by atoms with Crippen molar-refractivity contribution in [1.82, 2.24) is 10.3 Å². The summed E-state index contributed by atoms with van der Waals surface area (Å²) < 4.78 is 1.16. The minimum atomic E-state index is -0.620. The molecule has 0 spiro atoms. The average Bonchev–Trinajstić information content (AvgIpc) is 3.31. The lowest BCUT2D eigenvalue weighted by atomic mass is 10.2. The van der Waals surface area contributed by atoms with Crippen LogP contribution in [-0.4, -0.2) is 22.8 Å². The number of thiazole rings is 1. The first-order valence-electron chi connectivity index (χ1n) is 9.18. The zero-order chi connectivity index (χ0) is 18.8. The second kappa shape index (κ2) is 7.48. The van der Waals surface area contributed by atoms with Gasteiger partial charge in [-0.2, -0.15) is 0 Å². The third kappa shape index (κ3) is 4.01. The summed E-state index contributed by atoms with van der Waals surface area (Å²) in [5.41, 5.74) is 3.79. The van der Waals surface area contributed by atoms with Crippen molar-refractivity contribution in [2.24, 2.45) is 0 Å². The van der Waals surface area contributed by atoms with Gasteiger partial charge in [-0.3, -0.25) is 9.59 Å². The van der Waals surface area contributed by atoms with E-state index in [1.54, 1.807) is 23.5 Å². The number of fused-ring (bicyclic) bond motifs is 1. The van der Waals surface area contributed by atoms with E-state index in [1.807, 2.05) is 18.2 Å². The number of amides is 2. The molecule has 1 aliphatic rings. The van der Waals surface area contributed by atoms with Crippen LogP contribution in [0.1, 0.15) is 31.2 Å². The number of nitrogens with zero attached hydrogens (tertiary/aromatic N) is 1. The van der Waals surface area contributed by atoms with Gasteiger partial charge in [-0.1, -0.05) is 18.9 Å². The predicted molar refractivity (Wildman–Crippen MR) is 109 cm³/mol. The Morgan fingerprint density at radius 3 is 2.52 bits per heavy atom. The number of rotatable bonds is 3. The average molecular weight is 379 g/mol. The first kappa shape index (κ1) is 17.7. The molecule has 138 valence electrons. The first-order valence-corrected chi connectivity index (χ1v) is 9.99. The monoisotopic (exact) mass is 379 g/mol. The molecule has 0 radical (unpaired) electrons. The van der Waals surface area contributed by atoms with Crippen LogP contribution in [0.5, 0.6) is 0 Å². The molecule has 0 bridgehead atoms. The van der Waals surface area contributed by atoms with Gasteiger partial charge in [0.1, 0.15) is 5.01 Å². The topological polar surface area (TPSA) is 71.1 Å². The van der Waals surface area contributed by atoms with Crippen molar-refractivity contribution in [2.45, 2.75) is 38.6 Å². The lowest BCUT2D eigenvalue weighted by Crippen LogP contribution is -2.40. The summed E-state index contributed by atoms with van der Waals surface area (Å²) in [6, 6.07) is 13.8. The first-order chi connectivity index (χ1) is 13.1. The van der Waals surface area contributed by atoms with Gasteiger partial charge in [0.25, 0.3) is 0 Å². The van der Waals surface area contributed by atoms with E-state index in [2.05, 4.69) is 34.7 Å². The molecule has 1 aromatic heterocycles. The number of aryl methyl sites for hydroxylation is 1. The number of carbonyl (C=O) groups is 2. The summed E-state index contributed by atoms with van der Waals surface area (Å²) in [5.74, 6) is -1.18. The number of hydrogen-bond acceptors (Lipinski definition) is 4. The van der Waals surface area contributed by atoms with Crippen LogP contribution in [0.4, 0.5) is 5.69 Å². The lowest BCUT2D eigenvalue weighted by Gasteiger charge is -2.11. The van der Waals surface area contributed by atoms with Crippen LogP contribution in [0.3, 0.4) is 0 Å². The highest BCUT2D eigenvalue weighted by Gasteiger charge is 2.21. The van der Waals surface area contributed by atoms with Crippen LogP contribution >= 0.6 is 11.3 Å². The highest BCUT2D eigenvalue weighted by Crippen LogP contribution is 2.31. The Hall–Kier alpha value is -2.73. The summed E-state index contributed by atoms with van der Waals surface area (Å²) in [5, 5.41) is 6.39. The predicted octanol–water partition coefficient (Wildman–Crippen LogP) is 4.27. The van der Waals surface area contributed by atoms with E-state index in [4.69, 9.17) is 0 Å². The molecule has 1 heterocycles. The van der Waals surface area contributed by atoms with Gasteiger partial charge in [0.2, 0.25) is 0 Å². The molecule has 2 amide bonds. The van der Waals surface area contributed by atoms with Crippen LogP contribution in [0.25, 0.3) is 20.8 Å². The van der Waals surface area contributed by atoms with Crippen molar-refractivity contribution in [3.8, 4) is 10.6 Å². The molecule has 27 heavy (non-hydrogen) atoms. The molecule has 5 nitrogen and oxygen atoms in total. The Balaban J connectivity index is 1.43. The molecule has 6 heteroatoms. The number of aromatic nitrogens is 1. The Kier molecular flexibility index (Phi) is 4.90. The van der Waals surface area contributed by atoms with Crippen molar-refractivity contribution in [2.75, 3.05) is 5.32 Å². The van der Waals surface area contributed by atoms with Gasteiger partial charge in [-0.15, -0.1) is 11.3 Å². The highest BCUT2D eigenvalue weighted by atomic mass is 32.1. The normalized spacial score (nSPS) is 14.4. The molecule has 2 N–H and O–H groups in total. The van der Waals surface area contributed by atoms with E-state index in [0.717, 1.165) is 46.5 Å². The molecule has 1 fully saturated rings. The number of benzene rings is 2. The van der Waals surface area contributed by atoms with Gasteiger partial charge in [-0.25, -0.2) is 4.98 Å². The molecule has 0 atom stereocenters. The van der Waals surface area contributed by atoms with Gasteiger partial charge in [-0.05, 0) is 61.7 Å². The zero-order valence-corrected chi connectivity index (χ0v) is 15.9. The van der Waals surface area contributed by atoms with E-state index < -0.39 is 11.8 Å². The summed E-state index contributed by atoms with van der Waals surface area (Å²) in [4.78, 5) is 28.7. The van der Waals surface area contributed by atoms with E-state index in [1.165, 1.54) is 5.56 Å². The maximum atomic E-state index is 12.1. The summed E-state index contributed by atoms with van der Waals surface area (Å²) >= 11 is 1.64. The van der Waals surface area contributed by atoms with E-state index in [-0.39, 0.29) is 6.04 Å². The van der Waals surface area contributed by atoms with Crippen molar-refractivity contribution < 1.29 is 9.59 Å². The van der Waals surface area contributed by atoms with Crippen LogP contribution in [0.15, 0.2) is 42.5 Å². The minimum Gasteiger partial charge on any atom is -0.345 e. The largest absolute Gasteiger partial charge is 0.345 e. The SMILES string of the molecule is Cc1ccc2nc(-c3ccc(NC(=O)C(=O)NC4CCCC4)cc3)sc2c1. The Bertz CT molecular complexity index is 988. The fraction of sp³-hybridized carbons (Fsp3) is 0.286. The van der Waals surface area contributed by atoms with Crippen LogP contribution < -0.4 is 10.6 Å². The van der Waals surface area contributed by atoms with Crippen molar-refractivity contribution in [1.29, 1.82) is 0 Å². The standard InChI is InChI=1S/C21H21N3O2S/c1-13-6-11-17-18(12-13)27-21(24-17)14-7-9-16(10-8-14)23-20(26)19(25)22-15-4-2-3-5-15/h6-12,15H,2-5H2,1H3,(H,22,25)(H,23,26). The van der Waals surface area contributed by atoms with Crippen LogP contribution in [0, 0.1) is 6.92 Å². The minimum absolute atomic E-state index is 0.133. The quantitative estimate of drug-likeness (QED) is 0.668. The molecular formula is C21H21N3O2S. The molecule has 3 aromatic rings. The van der Waals surface area contributed by atoms with Crippen molar-refractivity contribution in [3.05, 3.63) is 48.0 Å². The number of hydrogen-bond donors (Lipinski definition) is 2. The van der Waals surface area contributed by atoms with Gasteiger partial charge >= 0.3 is 11.8 Å². The van der Waals surface area contributed by atoms with Gasteiger partial charge in [0.15, 0.2) is 0 Å². The van der Waals surface area contributed by atoms with Gasteiger partial charge < -0.3 is 10.6 Å². The van der Waals surface area contributed by atoms with Gasteiger partial charge in [0, 0.05) is 17.3 Å². The van der Waals surface area contributed by atoms with E-state index in [9.17, 15) is 9.59 Å². The summed E-state index contributed by atoms with van der Waals surface area (Å²) in [7, 11) is 0. The zero-order valence-electron chi connectivity index (χ0n) is 15.1. The lowest BCUT2D eigenvalue weighted by molar-refractivity contribution is -0.136. The maximum Gasteiger partial charge on any atom is 0.313 e. The molecule has 0 saturated heterocycles. The fourth-order valence-electron chi connectivity index (χ4n) is 3.36. The number of anilines is 1. The molecule has 2 aromatic carbocycles. The molecule has 1 aliphatic carbocycles. The van der Waals surface area contributed by atoms with Crippen molar-refractivity contribution >= 4 is 39.1 Å². The molecule has 0 aliphatic heterocycles. The smallest absolute Gasteiger partial charge is 0.313 e. The second-order valence-electron chi connectivity index (χ2n) is 6.98. The molecular weight excluding hydrogens is 358 g/mol. The Labute approximate surface area is 161 Å². The Morgan fingerprint density at radius 1 is 1.04 bits per heavy atom. The second-order valence-corrected chi connectivity index (χ2v) is 8.01. The van der Waals surface area contributed by atoms with E-state index >= 15 is 0 Å². The third-order valence-electron chi connectivity index (χ3n) is 4.83. The van der Waals surface area contributed by atoms with Gasteiger partial charge in [0.05, 0.1) is 10.2 Å². The molecule has 4 rings (SSSR count). The van der Waals surface area contributed by atoms with Crippen molar-refractivity contribution in [3.63, 3.8) is 0 Å². The number of carbonyl (C=O) groups excluding carboxylic acids is 2. The molecule has 1 saturated carbocycles. The molecule has 0 unspecified atom stereocenters. The van der Waals surface area contributed by atoms with Crippen LogP contribution in [0.2, 0.25) is 0 Å². The third-order valence-corrected chi connectivity index (χ3v) is 5.90. The maximum absolute atomic E-state index is 12.1. The number of nitrogens with one attached hydrogen (secondary N) is 2. The van der Waals surface area contributed by atoms with E-state index in [0.29, 0.717) is 5.69 Å². The summed E-state index contributed by atoms with van der Waals surface area (Å²) in [6.45, 7) is 2.07. The fourth-order valence-corrected chi connectivity index (χ4v) is 4.43.